The molecule has 1 aromatic rings. The lowest BCUT2D eigenvalue weighted by atomic mass is 10.1. The van der Waals surface area contributed by atoms with Gasteiger partial charge in [0.25, 0.3) is 0 Å². The molecule has 0 fully saturated rings. The summed E-state index contributed by atoms with van der Waals surface area (Å²) in [5, 5.41) is 18.4. The maximum Gasteiger partial charge on any atom is 0.407 e. The number of aliphatic imine (C=N–C) groups is 1. The van der Waals surface area contributed by atoms with Crippen LogP contribution in [0.4, 0.5) is 4.79 Å². The number of guanidine groups is 1. The van der Waals surface area contributed by atoms with Crippen molar-refractivity contribution in [3.8, 4) is 0 Å². The SMILES string of the molecule is CCNC(=NCc1ccccc1CO)NCCNC(=O)OC(C)(C)C.I. The summed E-state index contributed by atoms with van der Waals surface area (Å²) < 4.78 is 5.18. The van der Waals surface area contributed by atoms with Crippen LogP contribution in [0, 0.1) is 0 Å². The predicted molar refractivity (Wildman–Crippen MR) is 115 cm³/mol. The average Bonchev–Trinajstić information content (AvgIpc) is 2.55. The van der Waals surface area contributed by atoms with Crippen LogP contribution in [0.15, 0.2) is 29.3 Å². The van der Waals surface area contributed by atoms with Gasteiger partial charge in [-0.3, -0.25) is 0 Å². The smallest absolute Gasteiger partial charge is 0.407 e. The maximum atomic E-state index is 11.6. The first-order valence-corrected chi connectivity index (χ1v) is 8.52. The fourth-order valence-corrected chi connectivity index (χ4v) is 2.03. The summed E-state index contributed by atoms with van der Waals surface area (Å²) in [5.41, 5.74) is 1.34. The van der Waals surface area contributed by atoms with Gasteiger partial charge in [-0.25, -0.2) is 9.79 Å². The van der Waals surface area contributed by atoms with E-state index in [1.807, 2.05) is 52.0 Å². The van der Waals surface area contributed by atoms with Crippen LogP contribution in [0.5, 0.6) is 0 Å². The maximum absolute atomic E-state index is 11.6. The first-order valence-electron chi connectivity index (χ1n) is 8.52. The largest absolute Gasteiger partial charge is 0.444 e. The van der Waals surface area contributed by atoms with E-state index in [2.05, 4.69) is 20.9 Å². The third kappa shape index (κ3) is 10.4. The number of carbonyl (C=O) groups is 1. The summed E-state index contributed by atoms with van der Waals surface area (Å²) >= 11 is 0. The van der Waals surface area contributed by atoms with Gasteiger partial charge in [0.15, 0.2) is 5.96 Å². The number of nitrogens with one attached hydrogen (secondary N) is 3. The number of alkyl carbamates (subject to hydrolysis) is 1. The van der Waals surface area contributed by atoms with Crippen LogP contribution in [0.3, 0.4) is 0 Å². The topological polar surface area (TPSA) is 95.0 Å². The van der Waals surface area contributed by atoms with E-state index in [9.17, 15) is 9.90 Å². The van der Waals surface area contributed by atoms with Crippen molar-refractivity contribution < 1.29 is 14.6 Å². The Labute approximate surface area is 173 Å². The van der Waals surface area contributed by atoms with Crippen molar-refractivity contribution in [3.63, 3.8) is 0 Å². The van der Waals surface area contributed by atoms with Gasteiger partial charge >= 0.3 is 6.09 Å². The van der Waals surface area contributed by atoms with Crippen molar-refractivity contribution in [2.45, 2.75) is 46.4 Å². The number of hydrogen-bond donors (Lipinski definition) is 4. The first-order chi connectivity index (χ1) is 11.9. The Morgan fingerprint density at radius 2 is 1.73 bits per heavy atom. The summed E-state index contributed by atoms with van der Waals surface area (Å²) in [7, 11) is 0. The number of halogens is 1. The van der Waals surface area contributed by atoms with E-state index in [0.29, 0.717) is 25.6 Å². The molecule has 0 aliphatic rings. The summed E-state index contributed by atoms with van der Waals surface area (Å²) in [6.07, 6.45) is -0.437. The van der Waals surface area contributed by atoms with Crippen LogP contribution in [-0.4, -0.2) is 42.4 Å². The van der Waals surface area contributed by atoms with Crippen LogP contribution in [-0.2, 0) is 17.9 Å². The molecule has 0 spiro atoms. The van der Waals surface area contributed by atoms with Crippen LogP contribution < -0.4 is 16.0 Å². The van der Waals surface area contributed by atoms with Crippen molar-refractivity contribution in [2.75, 3.05) is 19.6 Å². The van der Waals surface area contributed by atoms with E-state index in [0.717, 1.165) is 17.7 Å². The molecule has 7 nitrogen and oxygen atoms in total. The van der Waals surface area contributed by atoms with Crippen molar-refractivity contribution in [3.05, 3.63) is 35.4 Å². The molecule has 0 radical (unpaired) electrons. The van der Waals surface area contributed by atoms with Gasteiger partial charge in [-0.1, -0.05) is 24.3 Å². The molecular weight excluding hydrogens is 447 g/mol. The zero-order valence-electron chi connectivity index (χ0n) is 16.0. The molecule has 0 aromatic heterocycles. The summed E-state index contributed by atoms with van der Waals surface area (Å²) in [5.74, 6) is 0.654. The molecule has 0 saturated carbocycles. The van der Waals surface area contributed by atoms with Crippen molar-refractivity contribution in [1.82, 2.24) is 16.0 Å². The van der Waals surface area contributed by atoms with Gasteiger partial charge in [0.2, 0.25) is 0 Å². The molecule has 8 heteroatoms. The highest BCUT2D eigenvalue weighted by Crippen LogP contribution is 2.09. The number of aliphatic hydroxyl groups is 1. The van der Waals surface area contributed by atoms with Crippen LogP contribution >= 0.6 is 24.0 Å². The molecule has 0 bridgehead atoms. The first kappa shape index (κ1) is 24.5. The normalized spacial score (nSPS) is 11.3. The Kier molecular flexibility index (Phi) is 12.0. The van der Waals surface area contributed by atoms with E-state index in [1.165, 1.54) is 0 Å². The van der Waals surface area contributed by atoms with Gasteiger partial charge in [-0.2, -0.15) is 0 Å². The average molecular weight is 478 g/mol. The molecule has 1 amide bonds. The molecule has 4 N–H and O–H groups in total. The molecule has 1 rings (SSSR count). The summed E-state index contributed by atoms with van der Waals surface area (Å²) in [6, 6.07) is 7.65. The number of nitrogens with zero attached hydrogens (tertiary/aromatic N) is 1. The van der Waals surface area contributed by atoms with Gasteiger partial charge in [-0.15, -0.1) is 24.0 Å². The molecule has 0 atom stereocenters. The minimum Gasteiger partial charge on any atom is -0.444 e. The fourth-order valence-electron chi connectivity index (χ4n) is 2.03. The highest BCUT2D eigenvalue weighted by molar-refractivity contribution is 14.0. The number of aliphatic hydroxyl groups excluding tert-OH is 1. The van der Waals surface area contributed by atoms with Crippen molar-refractivity contribution >= 4 is 36.0 Å². The molecule has 0 unspecified atom stereocenters. The summed E-state index contributed by atoms with van der Waals surface area (Å²) in [4.78, 5) is 16.1. The summed E-state index contributed by atoms with van der Waals surface area (Å²) in [6.45, 7) is 9.59. The minimum absolute atomic E-state index is 0. The lowest BCUT2D eigenvalue weighted by Gasteiger charge is -2.20. The molecule has 0 saturated heterocycles. The lowest BCUT2D eigenvalue weighted by Crippen LogP contribution is -2.42. The minimum atomic E-state index is -0.506. The zero-order chi connectivity index (χ0) is 18.7. The van der Waals surface area contributed by atoms with Gasteiger partial charge in [0.05, 0.1) is 13.2 Å². The fraction of sp³-hybridized carbons (Fsp3) is 0.556. The standard InChI is InChI=1S/C18H30N4O3.HI/c1-5-19-16(20-10-11-21-17(24)25-18(2,3)4)22-12-14-8-6-7-9-15(14)13-23;/h6-9,23H,5,10-13H2,1-4H3,(H,21,24)(H2,19,20,22);1H. The number of hydrogen-bond acceptors (Lipinski definition) is 4. The number of amides is 1. The molecule has 0 aliphatic heterocycles. The van der Waals surface area contributed by atoms with Crippen molar-refractivity contribution in [1.29, 1.82) is 0 Å². The second-order valence-electron chi connectivity index (χ2n) is 6.48. The third-order valence-corrected chi connectivity index (χ3v) is 3.13. The van der Waals surface area contributed by atoms with Gasteiger partial charge in [0, 0.05) is 19.6 Å². The molecular formula is C18H31IN4O3. The van der Waals surface area contributed by atoms with Gasteiger partial charge in [0.1, 0.15) is 5.60 Å². The second kappa shape index (κ2) is 12.7. The Balaban J connectivity index is 0.00000625. The van der Waals surface area contributed by atoms with Gasteiger partial charge in [-0.05, 0) is 38.8 Å². The van der Waals surface area contributed by atoms with E-state index in [4.69, 9.17) is 4.74 Å². The highest BCUT2D eigenvalue weighted by atomic mass is 127. The van der Waals surface area contributed by atoms with Crippen LogP contribution in [0.1, 0.15) is 38.8 Å². The van der Waals surface area contributed by atoms with Crippen LogP contribution in [0.25, 0.3) is 0 Å². The number of benzene rings is 1. The highest BCUT2D eigenvalue weighted by Gasteiger charge is 2.15. The van der Waals surface area contributed by atoms with Gasteiger partial charge < -0.3 is 25.8 Å². The quantitative estimate of drug-likeness (QED) is 0.209. The number of rotatable bonds is 7. The van der Waals surface area contributed by atoms with Crippen molar-refractivity contribution in [2.24, 2.45) is 4.99 Å². The molecule has 1 aromatic carbocycles. The molecule has 0 aliphatic carbocycles. The third-order valence-electron chi connectivity index (χ3n) is 3.13. The molecule has 148 valence electrons. The predicted octanol–water partition coefficient (Wildman–Crippen LogP) is 2.38. The Morgan fingerprint density at radius 3 is 2.31 bits per heavy atom. The number of ether oxygens (including phenoxy) is 1. The van der Waals surface area contributed by atoms with E-state index in [1.54, 1.807) is 0 Å². The monoisotopic (exact) mass is 478 g/mol. The Morgan fingerprint density at radius 1 is 1.12 bits per heavy atom. The molecule has 0 heterocycles. The van der Waals surface area contributed by atoms with E-state index < -0.39 is 11.7 Å². The van der Waals surface area contributed by atoms with E-state index >= 15 is 0 Å². The Bertz CT molecular complexity index is 574. The zero-order valence-corrected chi connectivity index (χ0v) is 18.3. The molecule has 26 heavy (non-hydrogen) atoms. The second-order valence-corrected chi connectivity index (χ2v) is 6.48. The van der Waals surface area contributed by atoms with E-state index in [-0.39, 0.29) is 30.6 Å². The Hall–Kier alpha value is -1.55. The lowest BCUT2D eigenvalue weighted by molar-refractivity contribution is 0.0529. The van der Waals surface area contributed by atoms with Crippen LogP contribution in [0.2, 0.25) is 0 Å². The number of carbonyl (C=O) groups excluding carboxylic acids is 1.